The Bertz CT molecular complexity index is 421. The quantitative estimate of drug-likeness (QED) is 0.778. The van der Waals surface area contributed by atoms with Crippen LogP contribution in [0.15, 0.2) is 15.5 Å². The summed E-state index contributed by atoms with van der Waals surface area (Å²) in [5.41, 5.74) is 0.460. The lowest BCUT2D eigenvalue weighted by Crippen LogP contribution is -2.16. The van der Waals surface area contributed by atoms with Gasteiger partial charge in [-0.25, -0.2) is 5.10 Å². The molecule has 0 aromatic carbocycles. The molecule has 0 bridgehead atoms. The number of nitrogens with one attached hydrogen (secondary N) is 2. The van der Waals surface area contributed by atoms with Crippen molar-refractivity contribution in [3.63, 3.8) is 0 Å². The van der Waals surface area contributed by atoms with E-state index in [2.05, 4.69) is 31.4 Å². The maximum Gasteiger partial charge on any atom is 0.280 e. The number of aliphatic hydroxyl groups excluding tert-OH is 1. The second-order valence-electron chi connectivity index (χ2n) is 4.14. The number of H-pyrrole nitrogens is 1. The number of hydrogen-bond acceptors (Lipinski definition) is 4. The standard InChI is InChI=1S/C10H14BrN3O2/c11-9-8(5-13-14-10(9)16)12-4-6-1-2-7(15)3-6/h5-7,15H,1-4H2,(H2,12,14,16). The second-order valence-corrected chi connectivity index (χ2v) is 4.93. The van der Waals surface area contributed by atoms with Crippen LogP contribution in [-0.2, 0) is 0 Å². The molecule has 1 aromatic rings. The van der Waals surface area contributed by atoms with Crippen LogP contribution in [-0.4, -0.2) is 28.0 Å². The van der Waals surface area contributed by atoms with E-state index >= 15 is 0 Å². The van der Waals surface area contributed by atoms with Crippen LogP contribution in [0.5, 0.6) is 0 Å². The summed E-state index contributed by atoms with van der Waals surface area (Å²) in [4.78, 5) is 11.2. The highest BCUT2D eigenvalue weighted by molar-refractivity contribution is 9.10. The van der Waals surface area contributed by atoms with Crippen LogP contribution in [0.1, 0.15) is 19.3 Å². The van der Waals surface area contributed by atoms with E-state index in [9.17, 15) is 9.90 Å². The lowest BCUT2D eigenvalue weighted by Gasteiger charge is -2.12. The van der Waals surface area contributed by atoms with Crippen LogP contribution < -0.4 is 10.9 Å². The lowest BCUT2D eigenvalue weighted by molar-refractivity contribution is 0.178. The minimum absolute atomic E-state index is 0.160. The molecule has 0 amide bonds. The summed E-state index contributed by atoms with van der Waals surface area (Å²) < 4.78 is 0.473. The van der Waals surface area contributed by atoms with Crippen molar-refractivity contribution in [3.8, 4) is 0 Å². The van der Waals surface area contributed by atoms with Gasteiger partial charge in [-0.2, -0.15) is 5.10 Å². The molecule has 0 saturated heterocycles. The van der Waals surface area contributed by atoms with Crippen molar-refractivity contribution >= 4 is 21.6 Å². The van der Waals surface area contributed by atoms with E-state index in [4.69, 9.17) is 0 Å². The van der Waals surface area contributed by atoms with Crippen molar-refractivity contribution in [2.45, 2.75) is 25.4 Å². The van der Waals surface area contributed by atoms with E-state index in [1.54, 1.807) is 6.20 Å². The smallest absolute Gasteiger partial charge is 0.280 e. The summed E-state index contributed by atoms with van der Waals surface area (Å²) in [5, 5.41) is 18.6. The Morgan fingerprint density at radius 1 is 1.62 bits per heavy atom. The maximum absolute atomic E-state index is 11.2. The number of hydrogen-bond donors (Lipinski definition) is 3. The van der Waals surface area contributed by atoms with Gasteiger partial charge in [0.05, 0.1) is 18.0 Å². The molecule has 1 aliphatic rings. The first kappa shape index (κ1) is 11.6. The summed E-state index contributed by atoms with van der Waals surface area (Å²) in [6.07, 6.45) is 4.16. The molecule has 0 radical (unpaired) electrons. The van der Waals surface area contributed by atoms with Gasteiger partial charge in [0.1, 0.15) is 4.47 Å². The molecule has 1 aliphatic carbocycles. The van der Waals surface area contributed by atoms with Crippen molar-refractivity contribution < 1.29 is 5.11 Å². The van der Waals surface area contributed by atoms with E-state index < -0.39 is 0 Å². The Morgan fingerprint density at radius 2 is 2.44 bits per heavy atom. The van der Waals surface area contributed by atoms with E-state index in [-0.39, 0.29) is 11.7 Å². The summed E-state index contributed by atoms with van der Waals surface area (Å²) >= 11 is 3.21. The molecule has 1 saturated carbocycles. The summed E-state index contributed by atoms with van der Waals surface area (Å²) in [6.45, 7) is 0.765. The topological polar surface area (TPSA) is 78.0 Å². The number of aromatic amines is 1. The summed E-state index contributed by atoms with van der Waals surface area (Å²) in [6, 6.07) is 0. The van der Waals surface area contributed by atoms with Gasteiger partial charge in [0, 0.05) is 6.54 Å². The number of aliphatic hydroxyl groups is 1. The molecule has 5 nitrogen and oxygen atoms in total. The molecular weight excluding hydrogens is 274 g/mol. The largest absolute Gasteiger partial charge is 0.393 e. The molecular formula is C10H14BrN3O2. The zero-order valence-corrected chi connectivity index (χ0v) is 10.3. The fourth-order valence-electron chi connectivity index (χ4n) is 2.00. The van der Waals surface area contributed by atoms with Crippen LogP contribution in [0.3, 0.4) is 0 Å². The average Bonchev–Trinajstić information content (AvgIpc) is 2.67. The molecule has 1 aromatic heterocycles. The van der Waals surface area contributed by atoms with E-state index in [0.29, 0.717) is 16.1 Å². The van der Waals surface area contributed by atoms with Crippen LogP contribution in [0.2, 0.25) is 0 Å². The molecule has 1 heterocycles. The maximum atomic E-state index is 11.2. The van der Waals surface area contributed by atoms with Crippen LogP contribution in [0.25, 0.3) is 0 Å². The highest BCUT2D eigenvalue weighted by Gasteiger charge is 2.22. The van der Waals surface area contributed by atoms with E-state index in [0.717, 1.165) is 25.8 Å². The van der Waals surface area contributed by atoms with Gasteiger partial charge < -0.3 is 10.4 Å². The highest BCUT2D eigenvalue weighted by Crippen LogP contribution is 2.26. The molecule has 0 aliphatic heterocycles. The summed E-state index contributed by atoms with van der Waals surface area (Å²) in [7, 11) is 0. The number of nitrogens with zero attached hydrogens (tertiary/aromatic N) is 1. The predicted octanol–water partition coefficient (Wildman–Crippen LogP) is 1.11. The number of rotatable bonds is 3. The Morgan fingerprint density at radius 3 is 3.12 bits per heavy atom. The highest BCUT2D eigenvalue weighted by atomic mass is 79.9. The molecule has 88 valence electrons. The number of aromatic nitrogens is 2. The van der Waals surface area contributed by atoms with Gasteiger partial charge in [0.25, 0.3) is 5.56 Å². The first-order chi connectivity index (χ1) is 7.66. The molecule has 2 atom stereocenters. The monoisotopic (exact) mass is 287 g/mol. The van der Waals surface area contributed by atoms with Crippen LogP contribution >= 0.6 is 15.9 Å². The van der Waals surface area contributed by atoms with E-state index in [1.165, 1.54) is 0 Å². The Balaban J connectivity index is 1.95. The summed E-state index contributed by atoms with van der Waals surface area (Å²) in [5.74, 6) is 0.473. The van der Waals surface area contributed by atoms with Crippen molar-refractivity contribution in [3.05, 3.63) is 21.0 Å². The Hall–Kier alpha value is -0.880. The first-order valence-corrected chi connectivity index (χ1v) is 6.11. The van der Waals surface area contributed by atoms with Gasteiger partial charge in [-0.05, 0) is 41.1 Å². The molecule has 2 rings (SSSR count). The SMILES string of the molecule is O=c1[nH]ncc(NCC2CCC(O)C2)c1Br. The zero-order valence-electron chi connectivity index (χ0n) is 8.74. The van der Waals surface area contributed by atoms with Crippen LogP contribution in [0, 0.1) is 5.92 Å². The lowest BCUT2D eigenvalue weighted by atomic mass is 10.1. The Labute approximate surface area is 101 Å². The van der Waals surface area contributed by atoms with Gasteiger partial charge in [-0.1, -0.05) is 0 Å². The molecule has 0 spiro atoms. The zero-order chi connectivity index (χ0) is 11.5. The molecule has 2 unspecified atom stereocenters. The minimum atomic E-state index is -0.239. The fourth-order valence-corrected chi connectivity index (χ4v) is 2.33. The molecule has 16 heavy (non-hydrogen) atoms. The first-order valence-electron chi connectivity index (χ1n) is 5.32. The van der Waals surface area contributed by atoms with Gasteiger partial charge in [-0.3, -0.25) is 4.79 Å². The predicted molar refractivity (Wildman–Crippen MR) is 64.4 cm³/mol. The normalized spacial score (nSPS) is 24.6. The molecule has 3 N–H and O–H groups in total. The fraction of sp³-hybridized carbons (Fsp3) is 0.600. The van der Waals surface area contributed by atoms with Gasteiger partial charge in [0.15, 0.2) is 0 Å². The molecule has 6 heteroatoms. The van der Waals surface area contributed by atoms with Gasteiger partial charge in [0.2, 0.25) is 0 Å². The van der Waals surface area contributed by atoms with Gasteiger partial charge >= 0.3 is 0 Å². The molecule has 1 fully saturated rings. The number of halogens is 1. The Kier molecular flexibility index (Phi) is 3.60. The average molecular weight is 288 g/mol. The van der Waals surface area contributed by atoms with E-state index in [1.807, 2.05) is 0 Å². The third-order valence-corrected chi connectivity index (χ3v) is 3.68. The third-order valence-electron chi connectivity index (χ3n) is 2.89. The van der Waals surface area contributed by atoms with Gasteiger partial charge in [-0.15, -0.1) is 0 Å². The van der Waals surface area contributed by atoms with Crippen molar-refractivity contribution in [2.24, 2.45) is 5.92 Å². The van der Waals surface area contributed by atoms with Crippen molar-refractivity contribution in [1.82, 2.24) is 10.2 Å². The van der Waals surface area contributed by atoms with Crippen molar-refractivity contribution in [1.29, 1.82) is 0 Å². The second kappa shape index (κ2) is 4.97. The minimum Gasteiger partial charge on any atom is -0.393 e. The van der Waals surface area contributed by atoms with Crippen molar-refractivity contribution in [2.75, 3.05) is 11.9 Å². The van der Waals surface area contributed by atoms with Crippen LogP contribution in [0.4, 0.5) is 5.69 Å². The number of anilines is 1. The third kappa shape index (κ3) is 2.62.